The van der Waals surface area contributed by atoms with E-state index in [0.717, 1.165) is 66.6 Å². The number of nitrogens with one attached hydrogen (secondary N) is 1. The maximum atomic E-state index is 12.6. The zero-order valence-electron chi connectivity index (χ0n) is 12.7. The maximum Gasteiger partial charge on any atom is 0.265 e. The molecule has 122 valence electrons. The Bertz CT molecular complexity index is 719. The van der Waals surface area contributed by atoms with E-state index in [0.29, 0.717) is 5.92 Å². The van der Waals surface area contributed by atoms with Crippen LogP contribution in [0.1, 0.15) is 40.1 Å². The molecule has 0 atom stereocenters. The Morgan fingerprint density at radius 2 is 2.13 bits per heavy atom. The summed E-state index contributed by atoms with van der Waals surface area (Å²) in [7, 11) is 0. The van der Waals surface area contributed by atoms with Crippen LogP contribution in [0, 0.1) is 0 Å². The molecule has 0 radical (unpaired) electrons. The Hall–Kier alpha value is -1.25. The predicted molar refractivity (Wildman–Crippen MR) is 91.6 cm³/mol. The minimum Gasteiger partial charge on any atom is -0.338 e. The number of nitrogens with zero attached hydrogens (tertiary/aromatic N) is 4. The number of halogens is 1. The molecule has 2 aliphatic heterocycles. The summed E-state index contributed by atoms with van der Waals surface area (Å²) in [6.45, 7) is 4.29. The number of aromatic nitrogens is 3. The fraction of sp³-hybridized carbons (Fsp3) is 0.533. The van der Waals surface area contributed by atoms with E-state index in [4.69, 9.17) is 0 Å². The van der Waals surface area contributed by atoms with Gasteiger partial charge in [-0.1, -0.05) is 0 Å². The number of hydrogen-bond donors (Lipinski definition) is 1. The van der Waals surface area contributed by atoms with Gasteiger partial charge in [-0.05, 0) is 40.2 Å². The molecule has 4 heterocycles. The molecule has 1 saturated heterocycles. The smallest absolute Gasteiger partial charge is 0.265 e. The van der Waals surface area contributed by atoms with Gasteiger partial charge in [-0.3, -0.25) is 4.79 Å². The van der Waals surface area contributed by atoms with Gasteiger partial charge in [-0.25, -0.2) is 0 Å². The van der Waals surface area contributed by atoms with Gasteiger partial charge in [0.2, 0.25) is 0 Å². The van der Waals surface area contributed by atoms with Crippen molar-refractivity contribution in [3.8, 4) is 0 Å². The standard InChI is InChI=1S/C15H18BrN5OS/c16-11-3-8-23-13(11)15(22)20-5-1-10(2-6-20)14-19-18-12-9-17-4-7-21(12)14/h3,8,10,17H,1-2,4-7,9H2. The van der Waals surface area contributed by atoms with Crippen molar-refractivity contribution in [2.45, 2.75) is 31.8 Å². The van der Waals surface area contributed by atoms with Crippen molar-refractivity contribution < 1.29 is 4.79 Å². The van der Waals surface area contributed by atoms with Gasteiger partial charge in [-0.15, -0.1) is 21.5 Å². The third-order valence-electron chi connectivity index (χ3n) is 4.61. The van der Waals surface area contributed by atoms with Crippen LogP contribution in [-0.4, -0.2) is 45.2 Å². The molecule has 1 amide bonds. The number of hydrogen-bond acceptors (Lipinski definition) is 5. The molecule has 23 heavy (non-hydrogen) atoms. The van der Waals surface area contributed by atoms with E-state index in [1.54, 1.807) is 0 Å². The summed E-state index contributed by atoms with van der Waals surface area (Å²) < 4.78 is 3.16. The van der Waals surface area contributed by atoms with Crippen LogP contribution in [0.3, 0.4) is 0 Å². The molecular weight excluding hydrogens is 378 g/mol. The van der Waals surface area contributed by atoms with Crippen molar-refractivity contribution >= 4 is 33.2 Å². The van der Waals surface area contributed by atoms with Gasteiger partial charge in [0.25, 0.3) is 5.91 Å². The summed E-state index contributed by atoms with van der Waals surface area (Å²) in [5, 5.41) is 14.0. The largest absolute Gasteiger partial charge is 0.338 e. The third kappa shape index (κ3) is 2.83. The number of amides is 1. The molecule has 0 unspecified atom stereocenters. The lowest BCUT2D eigenvalue weighted by Crippen LogP contribution is -2.38. The first-order valence-electron chi connectivity index (χ1n) is 7.89. The average molecular weight is 396 g/mol. The second kappa shape index (κ2) is 6.33. The Labute approximate surface area is 147 Å². The van der Waals surface area contributed by atoms with Crippen molar-refractivity contribution in [3.05, 3.63) is 32.4 Å². The molecule has 0 saturated carbocycles. The van der Waals surface area contributed by atoms with Gasteiger partial charge >= 0.3 is 0 Å². The zero-order valence-corrected chi connectivity index (χ0v) is 15.1. The quantitative estimate of drug-likeness (QED) is 0.846. The first kappa shape index (κ1) is 15.3. The Balaban J connectivity index is 1.44. The molecule has 0 aliphatic carbocycles. The molecule has 4 rings (SSSR count). The maximum absolute atomic E-state index is 12.6. The lowest BCUT2D eigenvalue weighted by molar-refractivity contribution is 0.0714. The van der Waals surface area contributed by atoms with Crippen LogP contribution in [0.5, 0.6) is 0 Å². The summed E-state index contributed by atoms with van der Waals surface area (Å²) in [6.07, 6.45) is 1.92. The number of thiophene rings is 1. The highest BCUT2D eigenvalue weighted by molar-refractivity contribution is 9.10. The van der Waals surface area contributed by atoms with Gasteiger partial charge in [0, 0.05) is 36.6 Å². The third-order valence-corrected chi connectivity index (χ3v) is 6.44. The second-order valence-electron chi connectivity index (χ2n) is 5.97. The number of carbonyl (C=O) groups excluding carboxylic acids is 1. The summed E-state index contributed by atoms with van der Waals surface area (Å²) >= 11 is 4.95. The van der Waals surface area contributed by atoms with Crippen LogP contribution >= 0.6 is 27.3 Å². The van der Waals surface area contributed by atoms with Crippen LogP contribution in [-0.2, 0) is 13.1 Å². The number of rotatable bonds is 2. The highest BCUT2D eigenvalue weighted by atomic mass is 79.9. The van der Waals surface area contributed by atoms with Gasteiger partial charge in [0.05, 0.1) is 6.54 Å². The molecular formula is C15H18BrN5OS. The first-order chi connectivity index (χ1) is 11.2. The zero-order chi connectivity index (χ0) is 15.8. The Morgan fingerprint density at radius 1 is 1.30 bits per heavy atom. The average Bonchev–Trinajstić information content (AvgIpc) is 3.20. The van der Waals surface area contributed by atoms with Crippen LogP contribution in [0.2, 0.25) is 0 Å². The first-order valence-corrected chi connectivity index (χ1v) is 9.56. The summed E-state index contributed by atoms with van der Waals surface area (Å²) in [5.41, 5.74) is 0. The van der Waals surface area contributed by atoms with Crippen LogP contribution < -0.4 is 5.32 Å². The molecule has 0 spiro atoms. The monoisotopic (exact) mass is 395 g/mol. The van der Waals surface area contributed by atoms with Crippen molar-refractivity contribution in [1.29, 1.82) is 0 Å². The fourth-order valence-electron chi connectivity index (χ4n) is 3.35. The van der Waals surface area contributed by atoms with Crippen molar-refractivity contribution in [2.75, 3.05) is 19.6 Å². The SMILES string of the molecule is O=C(c1sccc1Br)N1CCC(c2nnc3n2CCNC3)CC1. The fourth-order valence-corrected chi connectivity index (χ4v) is 4.86. The van der Waals surface area contributed by atoms with Crippen LogP contribution in [0.15, 0.2) is 15.9 Å². The van der Waals surface area contributed by atoms with E-state index < -0.39 is 0 Å². The van der Waals surface area contributed by atoms with Gasteiger partial charge in [-0.2, -0.15) is 0 Å². The molecule has 2 aromatic heterocycles. The van der Waals surface area contributed by atoms with Crippen molar-refractivity contribution in [2.24, 2.45) is 0 Å². The summed E-state index contributed by atoms with van der Waals surface area (Å²) in [5.74, 6) is 2.68. The van der Waals surface area contributed by atoms with Crippen LogP contribution in [0.25, 0.3) is 0 Å². The highest BCUT2D eigenvalue weighted by Gasteiger charge is 2.29. The molecule has 0 aromatic carbocycles. The highest BCUT2D eigenvalue weighted by Crippen LogP contribution is 2.30. The van der Waals surface area contributed by atoms with E-state index in [9.17, 15) is 4.79 Å². The van der Waals surface area contributed by atoms with E-state index in [-0.39, 0.29) is 5.91 Å². The molecule has 8 heteroatoms. The van der Waals surface area contributed by atoms with Gasteiger partial charge < -0.3 is 14.8 Å². The Kier molecular flexibility index (Phi) is 4.21. The summed E-state index contributed by atoms with van der Waals surface area (Å²) in [6, 6.07) is 1.93. The molecule has 2 aliphatic rings. The predicted octanol–water partition coefficient (Wildman–Crippen LogP) is 2.23. The molecule has 1 fully saturated rings. The van der Waals surface area contributed by atoms with Crippen LogP contribution in [0.4, 0.5) is 0 Å². The number of piperidine rings is 1. The number of likely N-dealkylation sites (tertiary alicyclic amines) is 1. The topological polar surface area (TPSA) is 63.1 Å². The molecule has 0 bridgehead atoms. The van der Waals surface area contributed by atoms with Gasteiger partial charge in [0.1, 0.15) is 16.5 Å². The van der Waals surface area contributed by atoms with Crippen molar-refractivity contribution in [3.63, 3.8) is 0 Å². The second-order valence-corrected chi connectivity index (χ2v) is 7.74. The lowest BCUT2D eigenvalue weighted by Gasteiger charge is -2.32. The van der Waals surface area contributed by atoms with E-state index >= 15 is 0 Å². The number of fused-ring (bicyclic) bond motifs is 1. The number of carbonyl (C=O) groups is 1. The van der Waals surface area contributed by atoms with E-state index in [1.165, 1.54) is 11.3 Å². The normalized spacial score (nSPS) is 18.9. The molecule has 6 nitrogen and oxygen atoms in total. The molecule has 1 N–H and O–H groups in total. The van der Waals surface area contributed by atoms with E-state index in [1.807, 2.05) is 16.3 Å². The molecule has 2 aromatic rings. The minimum absolute atomic E-state index is 0.137. The lowest BCUT2D eigenvalue weighted by atomic mass is 9.95. The Morgan fingerprint density at radius 3 is 2.87 bits per heavy atom. The van der Waals surface area contributed by atoms with Crippen molar-refractivity contribution in [1.82, 2.24) is 25.0 Å². The summed E-state index contributed by atoms with van der Waals surface area (Å²) in [4.78, 5) is 15.3. The minimum atomic E-state index is 0.137. The van der Waals surface area contributed by atoms with Gasteiger partial charge in [0.15, 0.2) is 0 Å². The van der Waals surface area contributed by atoms with E-state index in [2.05, 4.69) is 36.0 Å².